The Bertz CT molecular complexity index is 557. The Balaban J connectivity index is 2.37. The van der Waals surface area contributed by atoms with Crippen LogP contribution in [-0.4, -0.2) is 17.2 Å². The van der Waals surface area contributed by atoms with E-state index < -0.39 is 11.9 Å². The molecule has 0 aliphatic rings. The van der Waals surface area contributed by atoms with Crippen LogP contribution in [0.25, 0.3) is 0 Å². The molecule has 94 valence electrons. The molecule has 0 amide bonds. The van der Waals surface area contributed by atoms with Gasteiger partial charge in [0.15, 0.2) is 11.6 Å². The van der Waals surface area contributed by atoms with Gasteiger partial charge in [0.1, 0.15) is 6.10 Å². The molecule has 1 unspecified atom stereocenters. The largest absolute Gasteiger partial charge is 0.494 e. The summed E-state index contributed by atoms with van der Waals surface area (Å²) in [6.45, 7) is 1.85. The van der Waals surface area contributed by atoms with Crippen molar-refractivity contribution in [3.63, 3.8) is 0 Å². The average Bonchev–Trinajstić information content (AvgIpc) is 2.38. The highest BCUT2D eigenvalue weighted by atomic mass is 19.1. The standard InChI is InChI=1S/C14H14FNO2/c1-9-4-3-7-16-13(9)14(17)10-5-6-12(18-2)11(15)8-10/h3-8,14,17H,1-2H3. The van der Waals surface area contributed by atoms with Crippen molar-refractivity contribution in [3.8, 4) is 5.75 Å². The third kappa shape index (κ3) is 2.33. The Morgan fingerprint density at radius 3 is 2.72 bits per heavy atom. The van der Waals surface area contributed by atoms with Crippen LogP contribution in [0.5, 0.6) is 5.75 Å². The molecule has 0 spiro atoms. The number of ether oxygens (including phenoxy) is 1. The number of aryl methyl sites for hydroxylation is 1. The number of nitrogens with zero attached hydrogens (tertiary/aromatic N) is 1. The third-order valence-electron chi connectivity index (χ3n) is 2.80. The lowest BCUT2D eigenvalue weighted by atomic mass is 10.0. The summed E-state index contributed by atoms with van der Waals surface area (Å²) in [6.07, 6.45) is 0.664. The summed E-state index contributed by atoms with van der Waals surface area (Å²) < 4.78 is 18.4. The number of aliphatic hydroxyl groups is 1. The van der Waals surface area contributed by atoms with Crippen molar-refractivity contribution in [1.82, 2.24) is 4.98 Å². The van der Waals surface area contributed by atoms with Crippen LogP contribution in [0.15, 0.2) is 36.5 Å². The zero-order valence-electron chi connectivity index (χ0n) is 10.2. The lowest BCUT2D eigenvalue weighted by Gasteiger charge is -2.13. The summed E-state index contributed by atoms with van der Waals surface area (Å²) >= 11 is 0. The van der Waals surface area contributed by atoms with E-state index in [1.165, 1.54) is 19.2 Å². The van der Waals surface area contributed by atoms with Gasteiger partial charge in [0.05, 0.1) is 12.8 Å². The first-order chi connectivity index (χ1) is 8.63. The van der Waals surface area contributed by atoms with Gasteiger partial charge in [0.25, 0.3) is 0 Å². The average molecular weight is 247 g/mol. The molecule has 1 aromatic carbocycles. The predicted molar refractivity (Wildman–Crippen MR) is 66.0 cm³/mol. The van der Waals surface area contributed by atoms with E-state index in [1.54, 1.807) is 18.3 Å². The third-order valence-corrected chi connectivity index (χ3v) is 2.80. The van der Waals surface area contributed by atoms with Gasteiger partial charge in [-0.05, 0) is 36.2 Å². The second-order valence-electron chi connectivity index (χ2n) is 4.00. The van der Waals surface area contributed by atoms with Crippen LogP contribution >= 0.6 is 0 Å². The number of benzene rings is 1. The van der Waals surface area contributed by atoms with Gasteiger partial charge in [-0.15, -0.1) is 0 Å². The highest BCUT2D eigenvalue weighted by Crippen LogP contribution is 2.26. The van der Waals surface area contributed by atoms with E-state index in [0.717, 1.165) is 5.56 Å². The second-order valence-corrected chi connectivity index (χ2v) is 4.00. The monoisotopic (exact) mass is 247 g/mol. The van der Waals surface area contributed by atoms with Gasteiger partial charge in [-0.25, -0.2) is 4.39 Å². The Morgan fingerprint density at radius 2 is 2.11 bits per heavy atom. The first kappa shape index (κ1) is 12.5. The molecule has 1 heterocycles. The molecule has 0 aliphatic carbocycles. The molecule has 1 N–H and O–H groups in total. The zero-order valence-corrected chi connectivity index (χ0v) is 10.2. The van der Waals surface area contributed by atoms with Gasteiger partial charge in [0.2, 0.25) is 0 Å². The number of hydrogen-bond donors (Lipinski definition) is 1. The second kappa shape index (κ2) is 5.14. The van der Waals surface area contributed by atoms with Crippen molar-refractivity contribution in [2.45, 2.75) is 13.0 Å². The van der Waals surface area contributed by atoms with E-state index >= 15 is 0 Å². The summed E-state index contributed by atoms with van der Waals surface area (Å²) in [7, 11) is 1.40. The summed E-state index contributed by atoms with van der Waals surface area (Å²) in [5.74, 6) is -0.341. The fourth-order valence-electron chi connectivity index (χ4n) is 1.79. The van der Waals surface area contributed by atoms with Crippen molar-refractivity contribution in [2.75, 3.05) is 7.11 Å². The van der Waals surface area contributed by atoms with E-state index in [4.69, 9.17) is 4.74 Å². The van der Waals surface area contributed by atoms with E-state index in [2.05, 4.69) is 4.98 Å². The molecule has 0 saturated heterocycles. The maximum Gasteiger partial charge on any atom is 0.165 e. The number of aliphatic hydroxyl groups excluding tert-OH is 1. The van der Waals surface area contributed by atoms with Crippen molar-refractivity contribution in [2.24, 2.45) is 0 Å². The highest BCUT2D eigenvalue weighted by molar-refractivity contribution is 5.35. The topological polar surface area (TPSA) is 42.4 Å². The minimum Gasteiger partial charge on any atom is -0.494 e. The molecule has 2 aromatic rings. The van der Waals surface area contributed by atoms with Crippen LogP contribution in [0.4, 0.5) is 4.39 Å². The molecular weight excluding hydrogens is 233 g/mol. The van der Waals surface area contributed by atoms with Gasteiger partial charge in [-0.1, -0.05) is 12.1 Å². The van der Waals surface area contributed by atoms with Crippen molar-refractivity contribution < 1.29 is 14.2 Å². The summed E-state index contributed by atoms with van der Waals surface area (Å²) in [5, 5.41) is 10.2. The number of pyridine rings is 1. The van der Waals surface area contributed by atoms with Crippen LogP contribution in [0.3, 0.4) is 0 Å². The lowest BCUT2D eigenvalue weighted by Crippen LogP contribution is -2.05. The normalized spacial score (nSPS) is 12.2. The van der Waals surface area contributed by atoms with Crippen molar-refractivity contribution >= 4 is 0 Å². The molecule has 0 saturated carbocycles. The SMILES string of the molecule is COc1ccc(C(O)c2ncccc2C)cc1F. The Kier molecular flexibility index (Phi) is 3.58. The predicted octanol–water partition coefficient (Wildman–Crippen LogP) is 2.62. The molecule has 1 atom stereocenters. The summed E-state index contributed by atoms with van der Waals surface area (Å²) in [4.78, 5) is 4.12. The van der Waals surface area contributed by atoms with Crippen LogP contribution in [0.1, 0.15) is 22.9 Å². The molecule has 18 heavy (non-hydrogen) atoms. The summed E-state index contributed by atoms with van der Waals surface area (Å²) in [5.41, 5.74) is 1.85. The van der Waals surface area contributed by atoms with Crippen LogP contribution in [0, 0.1) is 12.7 Å². The van der Waals surface area contributed by atoms with Crippen LogP contribution in [0.2, 0.25) is 0 Å². The number of rotatable bonds is 3. The van der Waals surface area contributed by atoms with Gasteiger partial charge in [-0.2, -0.15) is 0 Å². The molecule has 0 fully saturated rings. The Hall–Kier alpha value is -1.94. The van der Waals surface area contributed by atoms with Gasteiger partial charge < -0.3 is 9.84 Å². The molecule has 0 radical (unpaired) electrons. The smallest absolute Gasteiger partial charge is 0.165 e. The minimum atomic E-state index is -0.938. The Labute approximate surface area is 105 Å². The first-order valence-corrected chi connectivity index (χ1v) is 5.56. The molecule has 1 aromatic heterocycles. The Morgan fingerprint density at radius 1 is 1.33 bits per heavy atom. The first-order valence-electron chi connectivity index (χ1n) is 5.56. The van der Waals surface area contributed by atoms with Crippen LogP contribution in [-0.2, 0) is 0 Å². The van der Waals surface area contributed by atoms with Gasteiger partial charge in [0, 0.05) is 6.20 Å². The molecular formula is C14H14FNO2. The minimum absolute atomic E-state index is 0.156. The van der Waals surface area contributed by atoms with E-state index in [-0.39, 0.29) is 5.75 Å². The molecule has 2 rings (SSSR count). The number of methoxy groups -OCH3 is 1. The fourth-order valence-corrected chi connectivity index (χ4v) is 1.79. The van der Waals surface area contributed by atoms with E-state index in [9.17, 15) is 9.50 Å². The quantitative estimate of drug-likeness (QED) is 0.906. The lowest BCUT2D eigenvalue weighted by molar-refractivity contribution is 0.213. The maximum atomic E-state index is 13.6. The molecule has 4 heteroatoms. The number of aromatic nitrogens is 1. The number of hydrogen-bond acceptors (Lipinski definition) is 3. The molecule has 3 nitrogen and oxygen atoms in total. The fraction of sp³-hybridized carbons (Fsp3) is 0.214. The maximum absolute atomic E-state index is 13.6. The number of halogens is 1. The molecule has 0 aliphatic heterocycles. The highest BCUT2D eigenvalue weighted by Gasteiger charge is 2.16. The van der Waals surface area contributed by atoms with Crippen LogP contribution < -0.4 is 4.74 Å². The summed E-state index contributed by atoms with van der Waals surface area (Å²) in [6, 6.07) is 8.02. The van der Waals surface area contributed by atoms with E-state index in [1.807, 2.05) is 13.0 Å². The van der Waals surface area contributed by atoms with Crippen molar-refractivity contribution in [1.29, 1.82) is 0 Å². The van der Waals surface area contributed by atoms with E-state index in [0.29, 0.717) is 11.3 Å². The van der Waals surface area contributed by atoms with Gasteiger partial charge >= 0.3 is 0 Å². The van der Waals surface area contributed by atoms with Gasteiger partial charge in [-0.3, -0.25) is 4.98 Å². The van der Waals surface area contributed by atoms with Crippen molar-refractivity contribution in [3.05, 3.63) is 59.2 Å². The molecule has 0 bridgehead atoms. The zero-order chi connectivity index (χ0) is 13.1.